The molecule has 0 amide bonds. The lowest BCUT2D eigenvalue weighted by molar-refractivity contribution is -0.139. The van der Waals surface area contributed by atoms with E-state index in [-0.39, 0.29) is 12.2 Å². The molecule has 1 aliphatic heterocycles. The number of esters is 1. The smallest absolute Gasteiger partial charge is 0.338 e. The first-order valence-electron chi connectivity index (χ1n) is 13.3. The summed E-state index contributed by atoms with van der Waals surface area (Å²) in [7, 11) is 3.93. The Balaban J connectivity index is 1.57. The van der Waals surface area contributed by atoms with Gasteiger partial charge in [0.25, 0.3) is 5.56 Å². The molecule has 10 heteroatoms. The van der Waals surface area contributed by atoms with Crippen molar-refractivity contribution >= 4 is 60.9 Å². The summed E-state index contributed by atoms with van der Waals surface area (Å²) in [6, 6.07) is 20.9. The Morgan fingerprint density at radius 3 is 2.36 bits per heavy atom. The largest absolute Gasteiger partial charge is 0.487 e. The first-order valence-corrected chi connectivity index (χ1v) is 15.7. The molecule has 216 valence electrons. The summed E-state index contributed by atoms with van der Waals surface area (Å²) in [6.07, 6.45) is 1.83. The number of hydrogen-bond donors (Lipinski definition) is 0. The van der Waals surface area contributed by atoms with Gasteiger partial charge in [-0.3, -0.25) is 9.36 Å². The quantitative estimate of drug-likeness (QED) is 0.211. The van der Waals surface area contributed by atoms with E-state index in [1.807, 2.05) is 91.8 Å². The summed E-state index contributed by atoms with van der Waals surface area (Å²) in [5.41, 5.74) is 4.34. The number of carbonyl (C=O) groups excluding carboxylic acids is 1. The Morgan fingerprint density at radius 1 is 1.07 bits per heavy atom. The minimum atomic E-state index is -0.661. The van der Waals surface area contributed by atoms with Gasteiger partial charge >= 0.3 is 5.97 Å². The van der Waals surface area contributed by atoms with Crippen LogP contribution in [0.25, 0.3) is 6.08 Å². The first kappa shape index (κ1) is 30.0. The van der Waals surface area contributed by atoms with Gasteiger partial charge in [-0.25, -0.2) is 9.79 Å². The van der Waals surface area contributed by atoms with E-state index in [1.165, 1.54) is 11.3 Å². The molecule has 3 aromatic carbocycles. The normalized spacial score (nSPS) is 14.8. The highest BCUT2D eigenvalue weighted by molar-refractivity contribution is 9.11. The number of hydrogen-bond acceptors (Lipinski definition) is 7. The molecular weight excluding hydrogens is 682 g/mol. The summed E-state index contributed by atoms with van der Waals surface area (Å²) in [5.74, 6) is 0.196. The maximum Gasteiger partial charge on any atom is 0.338 e. The number of halogens is 2. The molecule has 0 radical (unpaired) electrons. The molecule has 42 heavy (non-hydrogen) atoms. The average molecular weight is 711 g/mol. The molecule has 1 aliphatic rings. The zero-order valence-corrected chi connectivity index (χ0v) is 27.5. The second-order valence-electron chi connectivity index (χ2n) is 9.88. The summed E-state index contributed by atoms with van der Waals surface area (Å²) < 4.78 is 15.1. The molecule has 2 heterocycles. The number of rotatable bonds is 8. The van der Waals surface area contributed by atoms with Crippen molar-refractivity contribution in [1.82, 2.24) is 4.57 Å². The molecule has 0 spiro atoms. The minimum absolute atomic E-state index is 0.223. The van der Waals surface area contributed by atoms with Gasteiger partial charge in [-0.15, -0.1) is 0 Å². The minimum Gasteiger partial charge on any atom is -0.487 e. The SMILES string of the molecule is CCOC(=O)C1=C(C)N=c2s/c(=C\c3cc(Br)c(OCc4ccccc4)c(Br)c3)c(=O)n2[C@H]1c1ccc(N(C)C)cc1. The van der Waals surface area contributed by atoms with E-state index in [9.17, 15) is 9.59 Å². The van der Waals surface area contributed by atoms with E-state index in [1.54, 1.807) is 18.4 Å². The summed E-state index contributed by atoms with van der Waals surface area (Å²) in [4.78, 5) is 34.3. The van der Waals surface area contributed by atoms with Crippen LogP contribution >= 0.6 is 43.2 Å². The highest BCUT2D eigenvalue weighted by atomic mass is 79.9. The van der Waals surface area contributed by atoms with Gasteiger partial charge in [0.05, 0.1) is 37.4 Å². The fourth-order valence-corrected chi connectivity index (χ4v) is 7.24. The standard InChI is InChI=1S/C32H29Br2N3O4S/c1-5-40-31(39)27-19(2)35-32-37(28(27)22-11-13-23(14-12-22)36(3)4)30(38)26(42-32)17-21-15-24(33)29(25(34)16-21)41-18-20-9-7-6-8-10-20/h6-17,28H,5,18H2,1-4H3/b26-17-/t28-/m0/s1. The molecule has 0 bridgehead atoms. The third kappa shape index (κ3) is 6.16. The Morgan fingerprint density at radius 2 is 1.74 bits per heavy atom. The number of carbonyl (C=O) groups is 1. The van der Waals surface area contributed by atoms with Gasteiger partial charge in [0.1, 0.15) is 12.4 Å². The lowest BCUT2D eigenvalue weighted by atomic mass is 9.95. The molecular formula is C32H29Br2N3O4S. The molecule has 0 unspecified atom stereocenters. The third-order valence-electron chi connectivity index (χ3n) is 6.79. The van der Waals surface area contributed by atoms with Gasteiger partial charge in [-0.05, 0) is 92.7 Å². The van der Waals surface area contributed by atoms with Crippen LogP contribution in [0.3, 0.4) is 0 Å². The van der Waals surface area contributed by atoms with Gasteiger partial charge in [-0.2, -0.15) is 0 Å². The Bertz CT molecular complexity index is 1820. The Kier molecular flexibility index (Phi) is 9.15. The van der Waals surface area contributed by atoms with Crippen molar-refractivity contribution in [3.05, 3.63) is 123 Å². The van der Waals surface area contributed by atoms with Crippen molar-refractivity contribution in [3.8, 4) is 5.75 Å². The van der Waals surface area contributed by atoms with Gasteiger partial charge < -0.3 is 14.4 Å². The van der Waals surface area contributed by atoms with E-state index in [0.717, 1.165) is 31.3 Å². The van der Waals surface area contributed by atoms with Crippen LogP contribution < -0.4 is 24.5 Å². The van der Waals surface area contributed by atoms with Crippen LogP contribution in [-0.2, 0) is 16.1 Å². The summed E-state index contributed by atoms with van der Waals surface area (Å²) in [6.45, 7) is 4.19. The molecule has 5 rings (SSSR count). The molecule has 0 saturated carbocycles. The molecule has 1 aromatic heterocycles. The molecule has 0 aliphatic carbocycles. The lowest BCUT2D eigenvalue weighted by Gasteiger charge is -2.25. The molecule has 0 saturated heterocycles. The van der Waals surface area contributed by atoms with Crippen LogP contribution in [0.4, 0.5) is 5.69 Å². The van der Waals surface area contributed by atoms with E-state index >= 15 is 0 Å². The fourth-order valence-electron chi connectivity index (χ4n) is 4.74. The molecule has 4 aromatic rings. The van der Waals surface area contributed by atoms with Crippen molar-refractivity contribution < 1.29 is 14.3 Å². The number of nitrogens with zero attached hydrogens (tertiary/aromatic N) is 3. The topological polar surface area (TPSA) is 73.1 Å². The van der Waals surface area contributed by atoms with Gasteiger partial charge in [-0.1, -0.05) is 53.8 Å². The van der Waals surface area contributed by atoms with Crippen LogP contribution in [0, 0.1) is 0 Å². The van der Waals surface area contributed by atoms with E-state index in [4.69, 9.17) is 9.47 Å². The first-order chi connectivity index (χ1) is 20.2. The molecule has 0 fully saturated rings. The Hall–Kier alpha value is -3.47. The number of thiazole rings is 1. The monoisotopic (exact) mass is 709 g/mol. The maximum absolute atomic E-state index is 14.0. The second-order valence-corrected chi connectivity index (χ2v) is 12.6. The zero-order valence-electron chi connectivity index (χ0n) is 23.6. The number of fused-ring (bicyclic) bond motifs is 1. The molecule has 1 atom stereocenters. The summed E-state index contributed by atoms with van der Waals surface area (Å²) in [5, 5.41) is 0. The van der Waals surface area contributed by atoms with E-state index in [0.29, 0.717) is 33.0 Å². The second kappa shape index (κ2) is 12.8. The average Bonchev–Trinajstić information content (AvgIpc) is 3.26. The predicted molar refractivity (Wildman–Crippen MR) is 174 cm³/mol. The van der Waals surface area contributed by atoms with Crippen LogP contribution in [0.15, 0.2) is 96.7 Å². The highest BCUT2D eigenvalue weighted by Gasteiger charge is 2.33. The van der Waals surface area contributed by atoms with Crippen LogP contribution in [0.5, 0.6) is 5.75 Å². The van der Waals surface area contributed by atoms with Crippen LogP contribution in [0.2, 0.25) is 0 Å². The molecule has 7 nitrogen and oxygen atoms in total. The van der Waals surface area contributed by atoms with E-state index < -0.39 is 12.0 Å². The highest BCUT2D eigenvalue weighted by Crippen LogP contribution is 2.36. The van der Waals surface area contributed by atoms with Crippen LogP contribution in [-0.4, -0.2) is 31.2 Å². The maximum atomic E-state index is 14.0. The van der Waals surface area contributed by atoms with Crippen molar-refractivity contribution in [2.75, 3.05) is 25.6 Å². The van der Waals surface area contributed by atoms with Gasteiger partial charge in [0, 0.05) is 19.8 Å². The Labute approximate surface area is 264 Å². The van der Waals surface area contributed by atoms with E-state index in [2.05, 4.69) is 36.9 Å². The van der Waals surface area contributed by atoms with Crippen molar-refractivity contribution in [3.63, 3.8) is 0 Å². The fraction of sp³-hybridized carbons (Fsp3) is 0.219. The summed E-state index contributed by atoms with van der Waals surface area (Å²) >= 11 is 8.55. The number of anilines is 1. The zero-order chi connectivity index (χ0) is 30.0. The lowest BCUT2D eigenvalue weighted by Crippen LogP contribution is -2.39. The van der Waals surface area contributed by atoms with Crippen molar-refractivity contribution in [2.24, 2.45) is 4.99 Å². The predicted octanol–water partition coefficient (Wildman–Crippen LogP) is 5.97. The number of allylic oxidation sites excluding steroid dienone is 1. The number of ether oxygens (including phenoxy) is 2. The van der Waals surface area contributed by atoms with Crippen molar-refractivity contribution in [2.45, 2.75) is 26.5 Å². The molecule has 0 N–H and O–H groups in total. The third-order valence-corrected chi connectivity index (χ3v) is 8.95. The number of benzene rings is 3. The number of aromatic nitrogens is 1. The van der Waals surface area contributed by atoms with Gasteiger partial charge in [0.15, 0.2) is 4.80 Å². The van der Waals surface area contributed by atoms with Crippen molar-refractivity contribution in [1.29, 1.82) is 0 Å². The van der Waals surface area contributed by atoms with Gasteiger partial charge in [0.2, 0.25) is 0 Å². The van der Waals surface area contributed by atoms with Crippen LogP contribution in [0.1, 0.15) is 36.6 Å².